The Bertz CT molecular complexity index is 1600. The van der Waals surface area contributed by atoms with Crippen LogP contribution in [0.4, 0.5) is 0 Å². The van der Waals surface area contributed by atoms with Crippen LogP contribution < -0.4 is 0 Å². The van der Waals surface area contributed by atoms with E-state index in [4.69, 9.17) is 0 Å². The maximum Gasteiger partial charge on any atom is 0.0667 e. The summed E-state index contributed by atoms with van der Waals surface area (Å²) in [5.74, 6) is 0. The lowest BCUT2D eigenvalue weighted by Crippen LogP contribution is -2.49. The Morgan fingerprint density at radius 1 is 0.176 bits per heavy atom. The summed E-state index contributed by atoms with van der Waals surface area (Å²) in [5, 5.41) is 57.0. The highest BCUT2D eigenvalue weighted by Crippen LogP contribution is 2.22. The second kappa shape index (κ2) is 86.0. The molecule has 1 heterocycles. The summed E-state index contributed by atoms with van der Waals surface area (Å²) < 4.78 is 0. The van der Waals surface area contributed by atoms with E-state index in [2.05, 4.69) is 59.1 Å². The average Bonchev–Trinajstić information content (AvgIpc) is 0.923. The van der Waals surface area contributed by atoms with Crippen molar-refractivity contribution in [3.63, 3.8) is 0 Å². The molecule has 1 saturated heterocycles. The minimum absolute atomic E-state index is 0.259. The van der Waals surface area contributed by atoms with Gasteiger partial charge in [0.05, 0.1) is 30.5 Å². The van der Waals surface area contributed by atoms with Gasteiger partial charge in [0.2, 0.25) is 0 Å². The lowest BCUT2D eigenvalue weighted by molar-refractivity contribution is 0.0591. The number of piperazine rings is 1. The molecule has 10 nitrogen and oxygen atoms in total. The molecule has 0 radical (unpaired) electrons. The van der Waals surface area contributed by atoms with E-state index < -0.39 is 0 Å². The summed E-state index contributed by atoms with van der Waals surface area (Å²) in [6, 6.07) is 0. The Balaban J connectivity index is 2.77. The van der Waals surface area contributed by atoms with Crippen molar-refractivity contribution in [3.05, 3.63) is 0 Å². The molecule has 0 amide bonds. The first-order chi connectivity index (χ1) is 53.1. The Morgan fingerprint density at radius 2 is 0.333 bits per heavy atom. The van der Waals surface area contributed by atoms with E-state index in [9.17, 15) is 25.5 Å². The summed E-state index contributed by atoms with van der Waals surface area (Å²) in [5.41, 5.74) is 0. The highest BCUT2D eigenvalue weighted by molar-refractivity contribution is 4.77. The minimum Gasteiger partial charge on any atom is -0.392 e. The van der Waals surface area contributed by atoms with Crippen molar-refractivity contribution in [2.75, 3.05) is 98.2 Å². The van der Waals surface area contributed by atoms with Crippen LogP contribution in [0.25, 0.3) is 0 Å². The fourth-order valence-electron chi connectivity index (χ4n) is 17.4. The molecule has 5 unspecified atom stereocenters. The zero-order valence-electron chi connectivity index (χ0n) is 74.6. The predicted molar refractivity (Wildman–Crippen MR) is 478 cm³/mol. The number of unbranched alkanes of at least 4 members (excludes halogenated alkanes) is 61. The predicted octanol–water partition coefficient (Wildman–Crippen LogP) is 26.9. The molecule has 1 rings (SSSR count). The lowest BCUT2D eigenvalue weighted by atomic mass is 10.0. The first-order valence-corrected chi connectivity index (χ1v) is 50.2. The molecular weight excluding hydrogens is 1330 g/mol. The summed E-state index contributed by atoms with van der Waals surface area (Å²) in [7, 11) is 0. The maximum absolute atomic E-state index is 11.6. The number of hydrogen-bond acceptors (Lipinski definition) is 10. The fraction of sp³-hybridized carbons (Fsp3) is 1.00. The Labute approximate surface area is 678 Å². The zero-order chi connectivity index (χ0) is 78.0. The van der Waals surface area contributed by atoms with Gasteiger partial charge in [-0.05, 0) is 84.0 Å². The molecule has 648 valence electrons. The van der Waals surface area contributed by atoms with Crippen molar-refractivity contribution < 1.29 is 25.5 Å². The number of hydrogen-bond donors (Lipinski definition) is 5. The van der Waals surface area contributed by atoms with E-state index in [0.29, 0.717) is 26.2 Å². The quantitative estimate of drug-likeness (QED) is 0.0377. The van der Waals surface area contributed by atoms with E-state index in [0.717, 1.165) is 149 Å². The SMILES string of the molecule is CCCCCCCCCCCCCCC(O)CN(CCCCCCN(CC(O)CCCCCCCCCCCCCC)CC(O)CCCCCCCCCCCCCC)CCN1CCN(CCCCCCN(CC(O)CCCCCCCCCCCCCC)CC(O)CCCCCCCCCCCCCC)CC1. The average molecular weight is 1530 g/mol. The van der Waals surface area contributed by atoms with Crippen LogP contribution in [0.3, 0.4) is 0 Å². The molecule has 5 atom stereocenters. The van der Waals surface area contributed by atoms with Crippen LogP contribution in [0.15, 0.2) is 0 Å². The highest BCUT2D eigenvalue weighted by atomic mass is 16.3. The van der Waals surface area contributed by atoms with E-state index in [-0.39, 0.29) is 30.5 Å². The molecule has 0 aliphatic carbocycles. The summed E-state index contributed by atoms with van der Waals surface area (Å²) in [6.45, 7) is 25.9. The van der Waals surface area contributed by atoms with E-state index in [1.165, 1.54) is 392 Å². The van der Waals surface area contributed by atoms with E-state index in [1.807, 2.05) is 0 Å². The number of aliphatic hydroxyl groups is 5. The van der Waals surface area contributed by atoms with Gasteiger partial charge in [-0.2, -0.15) is 0 Å². The lowest BCUT2D eigenvalue weighted by Gasteiger charge is -2.36. The van der Waals surface area contributed by atoms with E-state index >= 15 is 0 Å². The van der Waals surface area contributed by atoms with Gasteiger partial charge in [-0.1, -0.05) is 446 Å². The number of rotatable bonds is 92. The molecular formula is C98H201N5O5. The largest absolute Gasteiger partial charge is 0.392 e. The van der Waals surface area contributed by atoms with Gasteiger partial charge in [-0.3, -0.25) is 19.6 Å². The van der Waals surface area contributed by atoms with Gasteiger partial charge in [0.1, 0.15) is 0 Å². The van der Waals surface area contributed by atoms with Crippen LogP contribution in [-0.2, 0) is 0 Å². The third kappa shape index (κ3) is 76.9. The normalized spacial score (nSPS) is 14.8. The summed E-state index contributed by atoms with van der Waals surface area (Å²) >= 11 is 0. The molecule has 0 aromatic carbocycles. The molecule has 0 bridgehead atoms. The first kappa shape index (κ1) is 106. The first-order valence-electron chi connectivity index (χ1n) is 50.2. The van der Waals surface area contributed by atoms with Crippen LogP contribution in [0.2, 0.25) is 0 Å². The van der Waals surface area contributed by atoms with Crippen molar-refractivity contribution in [1.82, 2.24) is 24.5 Å². The van der Waals surface area contributed by atoms with Crippen LogP contribution in [0, 0.1) is 0 Å². The highest BCUT2D eigenvalue weighted by Gasteiger charge is 2.21. The monoisotopic (exact) mass is 1530 g/mol. The molecule has 5 N–H and O–H groups in total. The second-order valence-corrected chi connectivity index (χ2v) is 36.0. The second-order valence-electron chi connectivity index (χ2n) is 36.0. The zero-order valence-corrected chi connectivity index (χ0v) is 74.6. The smallest absolute Gasteiger partial charge is 0.0667 e. The molecule has 0 aromatic rings. The Kier molecular flexibility index (Phi) is 84.1. The molecule has 0 saturated carbocycles. The van der Waals surface area contributed by atoms with Crippen molar-refractivity contribution >= 4 is 0 Å². The van der Waals surface area contributed by atoms with Crippen molar-refractivity contribution in [2.24, 2.45) is 0 Å². The van der Waals surface area contributed by atoms with Crippen LogP contribution >= 0.6 is 0 Å². The third-order valence-corrected chi connectivity index (χ3v) is 24.9. The molecule has 0 aromatic heterocycles. The third-order valence-electron chi connectivity index (χ3n) is 24.9. The Morgan fingerprint density at radius 3 is 0.546 bits per heavy atom. The maximum atomic E-state index is 11.6. The van der Waals surface area contributed by atoms with Gasteiger partial charge in [0.15, 0.2) is 0 Å². The van der Waals surface area contributed by atoms with E-state index in [1.54, 1.807) is 0 Å². The van der Waals surface area contributed by atoms with Gasteiger partial charge in [0, 0.05) is 72.0 Å². The van der Waals surface area contributed by atoms with Crippen LogP contribution in [0.5, 0.6) is 0 Å². The summed E-state index contributed by atoms with van der Waals surface area (Å²) in [4.78, 5) is 12.9. The molecule has 108 heavy (non-hydrogen) atoms. The summed E-state index contributed by atoms with van der Waals surface area (Å²) in [6.07, 6.45) is 92.9. The minimum atomic E-state index is -0.320. The van der Waals surface area contributed by atoms with Gasteiger partial charge in [0.25, 0.3) is 0 Å². The molecule has 1 fully saturated rings. The molecule has 1 aliphatic rings. The van der Waals surface area contributed by atoms with Gasteiger partial charge in [-0.15, -0.1) is 0 Å². The number of aliphatic hydroxyl groups excluding tert-OH is 5. The fourth-order valence-corrected chi connectivity index (χ4v) is 17.4. The van der Waals surface area contributed by atoms with Crippen molar-refractivity contribution in [3.8, 4) is 0 Å². The molecule has 1 aliphatic heterocycles. The molecule has 0 spiro atoms. The van der Waals surface area contributed by atoms with Gasteiger partial charge < -0.3 is 30.4 Å². The van der Waals surface area contributed by atoms with Crippen LogP contribution in [-0.4, -0.2) is 179 Å². The van der Waals surface area contributed by atoms with Crippen molar-refractivity contribution in [2.45, 2.75) is 534 Å². The molecule has 10 heteroatoms. The van der Waals surface area contributed by atoms with Gasteiger partial charge >= 0.3 is 0 Å². The van der Waals surface area contributed by atoms with Crippen LogP contribution in [0.1, 0.15) is 503 Å². The topological polar surface area (TPSA) is 117 Å². The number of nitrogens with zero attached hydrogens (tertiary/aromatic N) is 5. The van der Waals surface area contributed by atoms with Crippen molar-refractivity contribution in [1.29, 1.82) is 0 Å². The Hall–Kier alpha value is -0.400. The standard InChI is InChI=1S/C98H201N5O5/c1-6-11-16-21-26-31-36-41-46-51-56-65-74-94(104)89-101(80-71-62-64-73-82-103(92-97(107)77-68-59-54-49-44-39-34-29-24-19-14-9-4)93-98(108)78-69-60-55-50-45-40-35-30-25-20-15-10-5)88-87-100-85-83-99(84-86-100)79-70-61-63-72-81-102(90-95(105)75-66-57-52-47-42-37-32-27-22-17-12-7-2)91-96(106)76-67-58-53-48-43-38-33-28-23-18-13-8-3/h94-98,104-108H,6-93H2,1-5H3. The van der Waals surface area contributed by atoms with Gasteiger partial charge in [-0.25, -0.2) is 0 Å².